The van der Waals surface area contributed by atoms with Crippen molar-refractivity contribution in [1.82, 2.24) is 19.2 Å². The lowest BCUT2D eigenvalue weighted by Crippen LogP contribution is -2.62. The highest BCUT2D eigenvalue weighted by Crippen LogP contribution is 2.42. The average molecular weight is 380 g/mol. The number of pyridine rings is 1. The molecule has 3 fully saturated rings. The molecule has 1 spiro atoms. The molecule has 0 N–H and O–H groups in total. The molecule has 1 saturated carbocycles. The molecule has 2 saturated heterocycles. The van der Waals surface area contributed by atoms with Crippen LogP contribution in [0.5, 0.6) is 0 Å². The summed E-state index contributed by atoms with van der Waals surface area (Å²) in [6.45, 7) is 3.12. The SMILES string of the molecule is Cc1cccc2ncc(C(=O)N3CCCC34CCCN(C3CC3)C4=O)c(=O)n12. The summed E-state index contributed by atoms with van der Waals surface area (Å²) in [5, 5.41) is 0. The second-order valence-electron chi connectivity index (χ2n) is 8.26. The summed E-state index contributed by atoms with van der Waals surface area (Å²) in [4.78, 5) is 47.8. The topological polar surface area (TPSA) is 75.0 Å². The fraction of sp³-hybridized carbons (Fsp3) is 0.524. The number of aromatic nitrogens is 2. The highest BCUT2D eigenvalue weighted by atomic mass is 16.2. The molecule has 2 aliphatic heterocycles. The largest absolute Gasteiger partial charge is 0.338 e. The quantitative estimate of drug-likeness (QED) is 0.796. The highest BCUT2D eigenvalue weighted by Gasteiger charge is 2.55. The van der Waals surface area contributed by atoms with Gasteiger partial charge < -0.3 is 9.80 Å². The number of hydrogen-bond acceptors (Lipinski definition) is 4. The molecule has 1 atom stereocenters. The predicted molar refractivity (Wildman–Crippen MR) is 103 cm³/mol. The van der Waals surface area contributed by atoms with Gasteiger partial charge in [-0.05, 0) is 57.6 Å². The molecule has 3 aliphatic rings. The van der Waals surface area contributed by atoms with Crippen LogP contribution < -0.4 is 5.56 Å². The third kappa shape index (κ3) is 2.41. The monoisotopic (exact) mass is 380 g/mol. The van der Waals surface area contributed by atoms with E-state index in [1.807, 2.05) is 24.0 Å². The van der Waals surface area contributed by atoms with E-state index >= 15 is 0 Å². The molecule has 1 unspecified atom stereocenters. The van der Waals surface area contributed by atoms with Crippen molar-refractivity contribution in [2.24, 2.45) is 0 Å². The zero-order chi connectivity index (χ0) is 19.5. The number of piperidine rings is 1. The van der Waals surface area contributed by atoms with Gasteiger partial charge in [0.15, 0.2) is 0 Å². The number of rotatable bonds is 2. The average Bonchev–Trinajstić information content (AvgIpc) is 3.44. The molecule has 4 heterocycles. The summed E-state index contributed by atoms with van der Waals surface area (Å²) in [5.41, 5.74) is 0.151. The Morgan fingerprint density at radius 3 is 2.64 bits per heavy atom. The van der Waals surface area contributed by atoms with Crippen LogP contribution in [0.2, 0.25) is 0 Å². The van der Waals surface area contributed by atoms with Crippen LogP contribution in [0.1, 0.15) is 54.6 Å². The first-order valence-corrected chi connectivity index (χ1v) is 10.1. The summed E-state index contributed by atoms with van der Waals surface area (Å²) in [6, 6.07) is 5.75. The van der Waals surface area contributed by atoms with Crippen LogP contribution in [0.15, 0.2) is 29.2 Å². The second-order valence-corrected chi connectivity index (χ2v) is 8.26. The molecular weight excluding hydrogens is 356 g/mol. The minimum Gasteiger partial charge on any atom is -0.338 e. The van der Waals surface area contributed by atoms with E-state index in [9.17, 15) is 14.4 Å². The number of nitrogens with zero attached hydrogens (tertiary/aromatic N) is 4. The zero-order valence-corrected chi connectivity index (χ0v) is 16.1. The molecule has 146 valence electrons. The summed E-state index contributed by atoms with van der Waals surface area (Å²) < 4.78 is 1.47. The maximum Gasteiger partial charge on any atom is 0.270 e. The number of hydrogen-bond donors (Lipinski definition) is 0. The van der Waals surface area contributed by atoms with Crippen LogP contribution in [0, 0.1) is 6.92 Å². The Kier molecular flexibility index (Phi) is 3.82. The molecule has 2 amide bonds. The third-order valence-electron chi connectivity index (χ3n) is 6.52. The maximum atomic E-state index is 13.4. The molecule has 5 rings (SSSR count). The Bertz CT molecular complexity index is 1040. The normalized spacial score (nSPS) is 25.1. The summed E-state index contributed by atoms with van der Waals surface area (Å²) in [5.74, 6) is -0.282. The first-order chi connectivity index (χ1) is 13.5. The number of likely N-dealkylation sites (tertiary alicyclic amines) is 2. The molecular formula is C21H24N4O3. The fourth-order valence-corrected chi connectivity index (χ4v) is 4.98. The number of fused-ring (bicyclic) bond motifs is 1. The molecule has 2 aromatic heterocycles. The van der Waals surface area contributed by atoms with Crippen molar-refractivity contribution < 1.29 is 9.59 Å². The third-order valence-corrected chi connectivity index (χ3v) is 6.52. The summed E-state index contributed by atoms with van der Waals surface area (Å²) in [7, 11) is 0. The van der Waals surface area contributed by atoms with Crippen molar-refractivity contribution in [1.29, 1.82) is 0 Å². The van der Waals surface area contributed by atoms with Gasteiger partial charge in [-0.3, -0.25) is 18.8 Å². The van der Waals surface area contributed by atoms with Gasteiger partial charge in [-0.15, -0.1) is 0 Å². The minimum atomic E-state index is -0.782. The Morgan fingerprint density at radius 2 is 1.89 bits per heavy atom. The molecule has 28 heavy (non-hydrogen) atoms. The lowest BCUT2D eigenvalue weighted by atomic mass is 9.85. The highest BCUT2D eigenvalue weighted by molar-refractivity contribution is 6.00. The van der Waals surface area contributed by atoms with Crippen LogP contribution in [-0.4, -0.2) is 55.7 Å². The maximum absolute atomic E-state index is 13.4. The van der Waals surface area contributed by atoms with Crippen molar-refractivity contribution in [3.8, 4) is 0 Å². The molecule has 0 radical (unpaired) electrons. The van der Waals surface area contributed by atoms with Gasteiger partial charge >= 0.3 is 0 Å². The first kappa shape index (κ1) is 17.4. The Labute approximate surface area is 163 Å². The van der Waals surface area contributed by atoms with Crippen molar-refractivity contribution in [3.05, 3.63) is 46.0 Å². The van der Waals surface area contributed by atoms with Gasteiger partial charge in [0.2, 0.25) is 5.91 Å². The van der Waals surface area contributed by atoms with E-state index in [0.717, 1.165) is 37.9 Å². The van der Waals surface area contributed by atoms with Crippen molar-refractivity contribution in [3.63, 3.8) is 0 Å². The van der Waals surface area contributed by atoms with Gasteiger partial charge in [0.05, 0.1) is 0 Å². The van der Waals surface area contributed by atoms with E-state index in [1.165, 1.54) is 10.6 Å². The van der Waals surface area contributed by atoms with Crippen molar-refractivity contribution >= 4 is 17.5 Å². The van der Waals surface area contributed by atoms with Crippen molar-refractivity contribution in [2.75, 3.05) is 13.1 Å². The van der Waals surface area contributed by atoms with Gasteiger partial charge in [-0.25, -0.2) is 4.98 Å². The Balaban J connectivity index is 1.55. The van der Waals surface area contributed by atoms with Crippen LogP contribution in [0.25, 0.3) is 5.65 Å². The molecule has 7 nitrogen and oxygen atoms in total. The lowest BCUT2D eigenvalue weighted by molar-refractivity contribution is -0.146. The zero-order valence-electron chi connectivity index (χ0n) is 16.1. The lowest BCUT2D eigenvalue weighted by Gasteiger charge is -2.44. The first-order valence-electron chi connectivity index (χ1n) is 10.1. The van der Waals surface area contributed by atoms with E-state index in [1.54, 1.807) is 11.0 Å². The van der Waals surface area contributed by atoms with E-state index in [2.05, 4.69) is 4.98 Å². The van der Waals surface area contributed by atoms with Crippen molar-refractivity contribution in [2.45, 2.75) is 57.0 Å². The van der Waals surface area contributed by atoms with Crippen LogP contribution in [0.3, 0.4) is 0 Å². The van der Waals surface area contributed by atoms with Crippen LogP contribution >= 0.6 is 0 Å². The van der Waals surface area contributed by atoms with Crippen LogP contribution in [0.4, 0.5) is 0 Å². The molecule has 0 aromatic carbocycles. The summed E-state index contributed by atoms with van der Waals surface area (Å²) in [6.07, 6.45) is 6.55. The Morgan fingerprint density at radius 1 is 1.14 bits per heavy atom. The van der Waals surface area contributed by atoms with Gasteiger partial charge in [-0.2, -0.15) is 0 Å². The predicted octanol–water partition coefficient (Wildman–Crippen LogP) is 1.76. The van der Waals surface area contributed by atoms with E-state index < -0.39 is 5.54 Å². The standard InChI is InChI=1S/C21H24N4O3/c1-14-5-2-6-17-22-13-16(19(27)25(14)17)18(26)24-12-4-10-21(24)9-3-11-23(20(21)28)15-7-8-15/h2,5-6,13,15H,3-4,7-12H2,1H3. The van der Waals surface area contributed by atoms with E-state index in [-0.39, 0.29) is 22.9 Å². The second kappa shape index (κ2) is 6.15. The number of carbonyl (C=O) groups is 2. The number of aryl methyl sites for hydroxylation is 1. The molecule has 2 aromatic rings. The van der Waals surface area contributed by atoms with Gasteiger partial charge in [0.25, 0.3) is 11.5 Å². The van der Waals surface area contributed by atoms with Gasteiger partial charge in [0.1, 0.15) is 16.7 Å². The smallest absolute Gasteiger partial charge is 0.270 e. The molecule has 7 heteroatoms. The van der Waals surface area contributed by atoms with E-state index in [0.29, 0.717) is 31.1 Å². The van der Waals surface area contributed by atoms with Gasteiger partial charge in [-0.1, -0.05) is 6.07 Å². The summed E-state index contributed by atoms with van der Waals surface area (Å²) >= 11 is 0. The van der Waals surface area contributed by atoms with Gasteiger partial charge in [0, 0.05) is 31.0 Å². The fourth-order valence-electron chi connectivity index (χ4n) is 4.98. The number of carbonyl (C=O) groups excluding carboxylic acids is 2. The minimum absolute atomic E-state index is 0.0458. The van der Waals surface area contributed by atoms with Crippen LogP contribution in [-0.2, 0) is 4.79 Å². The van der Waals surface area contributed by atoms with E-state index in [4.69, 9.17) is 0 Å². The molecule has 1 aliphatic carbocycles. The Hall–Kier alpha value is -2.70. The molecule has 0 bridgehead atoms. The number of amides is 2.